The highest BCUT2D eigenvalue weighted by atomic mass is 16.5. The Kier molecular flexibility index (Phi) is 8.44. The molecule has 0 spiro atoms. The van der Waals surface area contributed by atoms with Crippen LogP contribution in [0.15, 0.2) is 41.0 Å². The van der Waals surface area contributed by atoms with Crippen molar-refractivity contribution in [3.05, 3.63) is 46.5 Å². The zero-order chi connectivity index (χ0) is 26.8. The van der Waals surface area contributed by atoms with Crippen molar-refractivity contribution < 1.29 is 24.4 Å². The number of carbonyl (C=O) groups is 2. The number of fused-ring (bicyclic) bond motifs is 3. The highest BCUT2D eigenvalue weighted by Crippen LogP contribution is 2.52. The van der Waals surface area contributed by atoms with Gasteiger partial charge in [-0.25, -0.2) is 0 Å². The van der Waals surface area contributed by atoms with Crippen molar-refractivity contribution in [2.75, 3.05) is 0 Å². The molecule has 2 heterocycles. The van der Waals surface area contributed by atoms with Crippen molar-refractivity contribution in [3.63, 3.8) is 0 Å². The van der Waals surface area contributed by atoms with Gasteiger partial charge in [0.1, 0.15) is 5.75 Å². The molecule has 5 rings (SSSR count). The zero-order valence-electron chi connectivity index (χ0n) is 22.9. The normalized spacial score (nSPS) is 28.7. The van der Waals surface area contributed by atoms with E-state index in [1.54, 1.807) is 17.0 Å². The van der Waals surface area contributed by atoms with Gasteiger partial charge in [-0.3, -0.25) is 14.5 Å². The summed E-state index contributed by atoms with van der Waals surface area (Å²) in [7, 11) is -0.923. The van der Waals surface area contributed by atoms with E-state index in [4.69, 9.17) is 4.65 Å². The van der Waals surface area contributed by atoms with Gasteiger partial charge >= 0.3 is 7.12 Å². The number of imide groups is 1. The standard InChI is InChI=1S/C31H42BNO5/c1-3-8-22-18-25-29(31(36)33(30(25)35)23-9-6-5-7-10-23)26-19-32(37)38-27(28(22)26)16-13-20(4-2)17-21-11-14-24(34)15-12-21/h11-12,14-15,17,23,25-27,29,34,37H,3-10,13,16,18-19H2,1-2H3/b20-17+/t25-,26+,27-,29-/m1/s1. The number of hydrogen-bond acceptors (Lipinski definition) is 5. The van der Waals surface area contributed by atoms with E-state index in [0.717, 1.165) is 63.4 Å². The van der Waals surface area contributed by atoms with Crippen molar-refractivity contribution in [1.29, 1.82) is 0 Å². The Labute approximate surface area is 227 Å². The lowest BCUT2D eigenvalue weighted by Crippen LogP contribution is -2.46. The number of carbonyl (C=O) groups excluding carboxylic acids is 2. The predicted molar refractivity (Wildman–Crippen MR) is 149 cm³/mol. The fraction of sp³-hybridized carbons (Fsp3) is 0.613. The quantitative estimate of drug-likeness (QED) is 0.254. The fourth-order valence-corrected chi connectivity index (χ4v) is 7.50. The van der Waals surface area contributed by atoms with Crippen molar-refractivity contribution in [2.45, 2.75) is 103 Å². The molecule has 3 fully saturated rings. The molecule has 2 saturated heterocycles. The van der Waals surface area contributed by atoms with Crippen LogP contribution in [0.5, 0.6) is 5.75 Å². The molecule has 4 atom stereocenters. The molecule has 2 aliphatic carbocycles. The second-order valence-corrected chi connectivity index (χ2v) is 11.7. The molecule has 2 amide bonds. The summed E-state index contributed by atoms with van der Waals surface area (Å²) in [5, 5.41) is 20.4. The van der Waals surface area contributed by atoms with Gasteiger partial charge in [0.15, 0.2) is 0 Å². The fourth-order valence-electron chi connectivity index (χ4n) is 7.50. The number of allylic oxidation sites excluding steroid dienone is 2. The van der Waals surface area contributed by atoms with Crippen LogP contribution in [0.2, 0.25) is 6.32 Å². The summed E-state index contributed by atoms with van der Waals surface area (Å²) in [4.78, 5) is 29.2. The first-order valence-corrected chi connectivity index (χ1v) is 14.8. The summed E-state index contributed by atoms with van der Waals surface area (Å²) in [6, 6.07) is 7.25. The minimum atomic E-state index is -0.923. The number of nitrogens with zero attached hydrogens (tertiary/aromatic N) is 1. The molecule has 6 nitrogen and oxygen atoms in total. The molecular weight excluding hydrogens is 477 g/mol. The lowest BCUT2D eigenvalue weighted by Gasteiger charge is -2.43. The first kappa shape index (κ1) is 27.2. The van der Waals surface area contributed by atoms with E-state index in [9.17, 15) is 19.7 Å². The third kappa shape index (κ3) is 5.37. The van der Waals surface area contributed by atoms with Crippen LogP contribution in [0.25, 0.3) is 6.08 Å². The molecule has 1 aromatic rings. The van der Waals surface area contributed by atoms with E-state index in [0.29, 0.717) is 12.7 Å². The number of hydrogen-bond donors (Lipinski definition) is 2. The molecule has 2 N–H and O–H groups in total. The Bertz CT molecular complexity index is 1090. The molecule has 0 radical (unpaired) electrons. The summed E-state index contributed by atoms with van der Waals surface area (Å²) in [6.07, 6.45) is 12.5. The summed E-state index contributed by atoms with van der Waals surface area (Å²) < 4.78 is 6.17. The van der Waals surface area contributed by atoms with Gasteiger partial charge in [-0.05, 0) is 80.5 Å². The van der Waals surface area contributed by atoms with E-state index in [2.05, 4.69) is 19.9 Å². The molecule has 7 heteroatoms. The predicted octanol–water partition coefficient (Wildman–Crippen LogP) is 5.90. The van der Waals surface area contributed by atoms with Gasteiger partial charge in [-0.15, -0.1) is 0 Å². The Morgan fingerprint density at radius 2 is 1.82 bits per heavy atom. The van der Waals surface area contributed by atoms with Crippen LogP contribution in [0.3, 0.4) is 0 Å². The molecule has 2 aliphatic heterocycles. The Morgan fingerprint density at radius 3 is 2.50 bits per heavy atom. The van der Waals surface area contributed by atoms with E-state index in [1.807, 2.05) is 12.1 Å². The van der Waals surface area contributed by atoms with Crippen molar-refractivity contribution in [3.8, 4) is 5.75 Å². The summed E-state index contributed by atoms with van der Waals surface area (Å²) in [5.41, 5.74) is 4.80. The lowest BCUT2D eigenvalue weighted by molar-refractivity contribution is -0.143. The largest absolute Gasteiger partial charge is 0.508 e. The molecular formula is C31H42BNO5. The van der Waals surface area contributed by atoms with Gasteiger partial charge in [0.25, 0.3) is 0 Å². The molecule has 1 saturated carbocycles. The van der Waals surface area contributed by atoms with Crippen LogP contribution in [-0.4, -0.2) is 46.1 Å². The van der Waals surface area contributed by atoms with E-state index < -0.39 is 7.12 Å². The topological polar surface area (TPSA) is 87.1 Å². The summed E-state index contributed by atoms with van der Waals surface area (Å²) in [5.74, 6) is -0.490. The van der Waals surface area contributed by atoms with Crippen molar-refractivity contribution in [1.82, 2.24) is 4.90 Å². The van der Waals surface area contributed by atoms with Gasteiger partial charge < -0.3 is 14.8 Å². The molecule has 0 aromatic heterocycles. The Morgan fingerprint density at radius 1 is 1.08 bits per heavy atom. The highest BCUT2D eigenvalue weighted by Gasteiger charge is 2.58. The third-order valence-electron chi connectivity index (χ3n) is 9.28. The van der Waals surface area contributed by atoms with Gasteiger partial charge in [0.05, 0.1) is 17.9 Å². The van der Waals surface area contributed by atoms with Crippen LogP contribution in [-0.2, 0) is 14.2 Å². The number of phenols is 1. The summed E-state index contributed by atoms with van der Waals surface area (Å²) >= 11 is 0. The molecule has 1 aromatic carbocycles. The molecule has 4 aliphatic rings. The number of amides is 2. The van der Waals surface area contributed by atoms with Crippen molar-refractivity contribution in [2.24, 2.45) is 17.8 Å². The summed E-state index contributed by atoms with van der Waals surface area (Å²) in [6.45, 7) is 4.30. The Balaban J connectivity index is 1.40. The minimum Gasteiger partial charge on any atom is -0.508 e. The smallest absolute Gasteiger partial charge is 0.455 e. The van der Waals surface area contributed by atoms with E-state index >= 15 is 0 Å². The van der Waals surface area contributed by atoms with Crippen LogP contribution >= 0.6 is 0 Å². The maximum Gasteiger partial charge on any atom is 0.455 e. The average Bonchev–Trinajstić information content (AvgIpc) is 3.17. The van der Waals surface area contributed by atoms with Crippen molar-refractivity contribution >= 4 is 25.0 Å². The van der Waals surface area contributed by atoms with Crippen LogP contribution in [0.4, 0.5) is 0 Å². The second kappa shape index (κ2) is 11.8. The van der Waals surface area contributed by atoms with Crippen LogP contribution in [0.1, 0.15) is 90.0 Å². The van der Waals surface area contributed by atoms with Gasteiger partial charge in [-0.2, -0.15) is 0 Å². The third-order valence-corrected chi connectivity index (χ3v) is 9.28. The first-order valence-electron chi connectivity index (χ1n) is 14.8. The van der Waals surface area contributed by atoms with Gasteiger partial charge in [-0.1, -0.05) is 68.9 Å². The second-order valence-electron chi connectivity index (χ2n) is 11.7. The van der Waals surface area contributed by atoms with Crippen LogP contribution in [0, 0.1) is 17.8 Å². The number of rotatable bonds is 8. The zero-order valence-corrected chi connectivity index (χ0v) is 22.9. The van der Waals surface area contributed by atoms with Gasteiger partial charge in [0.2, 0.25) is 11.8 Å². The first-order chi connectivity index (χ1) is 18.4. The van der Waals surface area contributed by atoms with E-state index in [1.165, 1.54) is 23.1 Å². The van der Waals surface area contributed by atoms with E-state index in [-0.39, 0.29) is 47.5 Å². The monoisotopic (exact) mass is 519 g/mol. The number of likely N-dealkylation sites (tertiary alicyclic amines) is 1. The molecule has 0 bridgehead atoms. The Hall–Kier alpha value is -2.38. The minimum absolute atomic E-state index is 0.000674. The number of aromatic hydroxyl groups is 1. The molecule has 38 heavy (non-hydrogen) atoms. The molecule has 0 unspecified atom stereocenters. The average molecular weight is 519 g/mol. The number of phenolic OH excluding ortho intramolecular Hbond substituents is 1. The maximum absolute atomic E-state index is 13.9. The molecule has 204 valence electrons. The lowest BCUT2D eigenvalue weighted by atomic mass is 9.58. The maximum atomic E-state index is 13.9. The number of benzene rings is 1. The highest BCUT2D eigenvalue weighted by molar-refractivity contribution is 6.43. The van der Waals surface area contributed by atoms with Crippen LogP contribution < -0.4 is 0 Å². The van der Waals surface area contributed by atoms with Gasteiger partial charge in [0, 0.05) is 6.04 Å². The SMILES string of the molecule is CCCC1=C2[C@@H](CC/C(=C/c3ccc(O)cc3)CC)OB(O)C[C@@H]2[C@@H]2C(=O)N(C3CCCCC3)C(=O)[C@@H]2C1.